The smallest absolute Gasteiger partial charge is 0.270 e. The minimum Gasteiger partial charge on any atom is -0.377 e. The molecule has 9 heteroatoms. The van der Waals surface area contributed by atoms with Crippen LogP contribution in [0, 0.1) is 10.1 Å². The molecular formula is C18H27N3O5S. The van der Waals surface area contributed by atoms with Gasteiger partial charge in [-0.15, -0.1) is 0 Å². The lowest BCUT2D eigenvalue weighted by Gasteiger charge is -2.24. The first-order chi connectivity index (χ1) is 12.9. The number of benzene rings is 1. The molecule has 2 fully saturated rings. The van der Waals surface area contributed by atoms with Crippen LogP contribution in [0.3, 0.4) is 0 Å². The zero-order valence-corrected chi connectivity index (χ0v) is 16.5. The molecule has 1 aromatic rings. The second kappa shape index (κ2) is 8.64. The van der Waals surface area contributed by atoms with E-state index in [-0.39, 0.29) is 16.7 Å². The Hall–Kier alpha value is -1.55. The maximum absolute atomic E-state index is 13.2. The predicted molar refractivity (Wildman–Crippen MR) is 101 cm³/mol. The van der Waals surface area contributed by atoms with E-state index in [2.05, 4.69) is 4.90 Å². The SMILES string of the molecule is CCc1ccc([N+](=O)[O-])cc1S(=O)(=O)N1CCCN(C[C@@H]2CCCO2)CC1. The summed E-state index contributed by atoms with van der Waals surface area (Å²) in [5.74, 6) is 0. The van der Waals surface area contributed by atoms with Crippen LogP contribution in [0.5, 0.6) is 0 Å². The normalized spacial score (nSPS) is 22.6. The largest absolute Gasteiger partial charge is 0.377 e. The van der Waals surface area contributed by atoms with Crippen molar-refractivity contribution in [1.29, 1.82) is 0 Å². The first-order valence-electron chi connectivity index (χ1n) is 9.53. The highest BCUT2D eigenvalue weighted by atomic mass is 32.2. The Labute approximate surface area is 160 Å². The van der Waals surface area contributed by atoms with Crippen LogP contribution in [0.2, 0.25) is 0 Å². The molecule has 0 unspecified atom stereocenters. The number of non-ortho nitro benzene ring substituents is 1. The topological polar surface area (TPSA) is 93.0 Å². The molecule has 8 nitrogen and oxygen atoms in total. The number of nitrogens with zero attached hydrogens (tertiary/aromatic N) is 3. The van der Waals surface area contributed by atoms with E-state index in [1.807, 2.05) is 6.92 Å². The van der Waals surface area contributed by atoms with Crippen molar-refractivity contribution in [2.75, 3.05) is 39.3 Å². The van der Waals surface area contributed by atoms with Gasteiger partial charge in [-0.1, -0.05) is 13.0 Å². The molecule has 1 aromatic carbocycles. The maximum Gasteiger partial charge on any atom is 0.270 e. The van der Waals surface area contributed by atoms with Gasteiger partial charge in [0, 0.05) is 44.9 Å². The molecule has 3 rings (SSSR count). The van der Waals surface area contributed by atoms with E-state index in [1.54, 1.807) is 6.07 Å². The summed E-state index contributed by atoms with van der Waals surface area (Å²) >= 11 is 0. The number of rotatable bonds is 6. The first kappa shape index (κ1) is 20.2. The minimum atomic E-state index is -3.76. The van der Waals surface area contributed by atoms with E-state index >= 15 is 0 Å². The molecule has 0 amide bonds. The van der Waals surface area contributed by atoms with Crippen molar-refractivity contribution in [2.45, 2.75) is 43.6 Å². The molecule has 2 heterocycles. The summed E-state index contributed by atoms with van der Waals surface area (Å²) in [7, 11) is -3.76. The second-order valence-electron chi connectivity index (χ2n) is 7.10. The summed E-state index contributed by atoms with van der Waals surface area (Å²) in [4.78, 5) is 12.9. The van der Waals surface area contributed by atoms with Crippen molar-refractivity contribution < 1.29 is 18.1 Å². The van der Waals surface area contributed by atoms with Gasteiger partial charge < -0.3 is 4.74 Å². The van der Waals surface area contributed by atoms with E-state index in [4.69, 9.17) is 4.74 Å². The number of nitro benzene ring substituents is 1. The quantitative estimate of drug-likeness (QED) is 0.539. The first-order valence-corrected chi connectivity index (χ1v) is 11.0. The average Bonchev–Trinajstić information content (AvgIpc) is 3.04. The maximum atomic E-state index is 13.2. The van der Waals surface area contributed by atoms with Gasteiger partial charge in [0.1, 0.15) is 0 Å². The van der Waals surface area contributed by atoms with Crippen LogP contribution < -0.4 is 0 Å². The van der Waals surface area contributed by atoms with Crippen LogP contribution >= 0.6 is 0 Å². The summed E-state index contributed by atoms with van der Waals surface area (Å²) < 4.78 is 33.6. The van der Waals surface area contributed by atoms with Gasteiger partial charge in [-0.25, -0.2) is 8.42 Å². The Morgan fingerprint density at radius 3 is 2.70 bits per heavy atom. The van der Waals surface area contributed by atoms with Crippen LogP contribution in [-0.4, -0.2) is 68.0 Å². The number of sulfonamides is 1. The Morgan fingerprint density at radius 1 is 1.22 bits per heavy atom. The van der Waals surface area contributed by atoms with Gasteiger partial charge in [-0.3, -0.25) is 15.0 Å². The van der Waals surface area contributed by atoms with Gasteiger partial charge in [0.25, 0.3) is 5.69 Å². The molecule has 27 heavy (non-hydrogen) atoms. The van der Waals surface area contributed by atoms with E-state index in [0.29, 0.717) is 31.6 Å². The van der Waals surface area contributed by atoms with Gasteiger partial charge in [-0.05, 0) is 37.8 Å². The van der Waals surface area contributed by atoms with E-state index in [9.17, 15) is 18.5 Å². The molecule has 0 radical (unpaired) electrons. The lowest BCUT2D eigenvalue weighted by atomic mass is 10.1. The number of hydrogen-bond donors (Lipinski definition) is 0. The van der Waals surface area contributed by atoms with Gasteiger partial charge in [0.2, 0.25) is 10.0 Å². The van der Waals surface area contributed by atoms with E-state index in [0.717, 1.165) is 39.0 Å². The Balaban J connectivity index is 1.76. The van der Waals surface area contributed by atoms with Crippen LogP contribution in [0.25, 0.3) is 0 Å². The van der Waals surface area contributed by atoms with Crippen LogP contribution in [0.4, 0.5) is 5.69 Å². The molecule has 0 bridgehead atoms. The third-order valence-electron chi connectivity index (χ3n) is 5.29. The van der Waals surface area contributed by atoms with Crippen molar-refractivity contribution in [3.63, 3.8) is 0 Å². The third kappa shape index (κ3) is 4.66. The van der Waals surface area contributed by atoms with Crippen molar-refractivity contribution >= 4 is 15.7 Å². The fourth-order valence-electron chi connectivity index (χ4n) is 3.77. The summed E-state index contributed by atoms with van der Waals surface area (Å²) in [6.07, 6.45) is 3.64. The third-order valence-corrected chi connectivity index (χ3v) is 7.27. The number of aryl methyl sites for hydroxylation is 1. The molecule has 2 saturated heterocycles. The zero-order valence-electron chi connectivity index (χ0n) is 15.7. The molecule has 2 aliphatic rings. The molecule has 1 atom stereocenters. The van der Waals surface area contributed by atoms with Crippen LogP contribution in [-0.2, 0) is 21.2 Å². The highest BCUT2D eigenvalue weighted by Gasteiger charge is 2.31. The van der Waals surface area contributed by atoms with Crippen molar-refractivity contribution in [3.8, 4) is 0 Å². The fourth-order valence-corrected chi connectivity index (χ4v) is 5.56. The molecule has 0 aromatic heterocycles. The van der Waals surface area contributed by atoms with Crippen molar-refractivity contribution in [1.82, 2.24) is 9.21 Å². The summed E-state index contributed by atoms with van der Waals surface area (Å²) in [5.41, 5.74) is 0.418. The highest BCUT2D eigenvalue weighted by molar-refractivity contribution is 7.89. The number of nitro groups is 1. The predicted octanol–water partition coefficient (Wildman–Crippen LogP) is 2.03. The average molecular weight is 397 g/mol. The lowest BCUT2D eigenvalue weighted by molar-refractivity contribution is -0.385. The second-order valence-corrected chi connectivity index (χ2v) is 9.00. The highest BCUT2D eigenvalue weighted by Crippen LogP contribution is 2.26. The van der Waals surface area contributed by atoms with Crippen LogP contribution in [0.15, 0.2) is 23.1 Å². The fraction of sp³-hybridized carbons (Fsp3) is 0.667. The lowest BCUT2D eigenvalue weighted by Crippen LogP contribution is -2.37. The molecule has 150 valence electrons. The molecular weight excluding hydrogens is 370 g/mol. The monoisotopic (exact) mass is 397 g/mol. The van der Waals surface area contributed by atoms with Crippen molar-refractivity contribution in [3.05, 3.63) is 33.9 Å². The van der Waals surface area contributed by atoms with Gasteiger partial charge in [-0.2, -0.15) is 4.31 Å². The van der Waals surface area contributed by atoms with Gasteiger partial charge in [0.05, 0.1) is 15.9 Å². The number of hydrogen-bond acceptors (Lipinski definition) is 6. The van der Waals surface area contributed by atoms with E-state index in [1.165, 1.54) is 16.4 Å². The zero-order chi connectivity index (χ0) is 19.4. The Kier molecular flexibility index (Phi) is 6.46. The molecule has 0 saturated carbocycles. The van der Waals surface area contributed by atoms with Gasteiger partial charge in [0.15, 0.2) is 0 Å². The Morgan fingerprint density at radius 2 is 2.04 bits per heavy atom. The summed E-state index contributed by atoms with van der Waals surface area (Å²) in [6, 6.07) is 4.11. The minimum absolute atomic E-state index is 0.0618. The Bertz CT molecular complexity index is 777. The van der Waals surface area contributed by atoms with Crippen LogP contribution in [0.1, 0.15) is 31.7 Å². The molecule has 0 N–H and O–H groups in total. The molecule has 0 aliphatic carbocycles. The molecule has 0 spiro atoms. The van der Waals surface area contributed by atoms with E-state index < -0.39 is 14.9 Å². The van der Waals surface area contributed by atoms with Crippen molar-refractivity contribution in [2.24, 2.45) is 0 Å². The summed E-state index contributed by atoms with van der Waals surface area (Å²) in [5, 5.41) is 11.1. The van der Waals surface area contributed by atoms with Gasteiger partial charge >= 0.3 is 0 Å². The molecule has 2 aliphatic heterocycles. The summed E-state index contributed by atoms with van der Waals surface area (Å²) in [6.45, 7) is 5.80. The standard InChI is InChI=1S/C18H27N3O5S/c1-2-15-6-7-16(21(22)23)13-18(15)27(24,25)20-9-4-8-19(10-11-20)14-17-5-3-12-26-17/h6-7,13,17H,2-5,8-12,14H2,1H3/t17-/m0/s1. The number of ether oxygens (including phenoxy) is 1.